The number of nitrogens with zero attached hydrogens (tertiary/aromatic N) is 2. The number of hydrogen-bond acceptors (Lipinski definition) is 4. The van der Waals surface area contributed by atoms with Crippen LogP contribution in [0.5, 0.6) is 0 Å². The van der Waals surface area contributed by atoms with Crippen molar-refractivity contribution in [1.82, 2.24) is 9.78 Å². The molecular formula is C11H11N3O2. The van der Waals surface area contributed by atoms with E-state index in [2.05, 4.69) is 5.10 Å². The number of carbonyl (C=O) groups is 1. The van der Waals surface area contributed by atoms with Gasteiger partial charge in [0.2, 0.25) is 0 Å². The van der Waals surface area contributed by atoms with Crippen molar-refractivity contribution in [3.63, 3.8) is 0 Å². The minimum Gasteiger partial charge on any atom is -0.465 e. The average Bonchev–Trinajstić information content (AvgIpc) is 2.75. The SMILES string of the molecule is COC(=O)c1ccccc1-n1cc(N)cn1. The minimum atomic E-state index is -0.398. The van der Waals surface area contributed by atoms with Gasteiger partial charge in [-0.05, 0) is 12.1 Å². The second-order valence-corrected chi connectivity index (χ2v) is 3.23. The van der Waals surface area contributed by atoms with Gasteiger partial charge >= 0.3 is 5.97 Å². The zero-order chi connectivity index (χ0) is 11.5. The molecule has 0 amide bonds. The molecule has 0 radical (unpaired) electrons. The Bertz CT molecular complexity index is 519. The molecule has 2 aromatic rings. The predicted octanol–water partition coefficient (Wildman–Crippen LogP) is 1.24. The molecule has 0 fully saturated rings. The first-order valence-electron chi connectivity index (χ1n) is 4.70. The standard InChI is InChI=1S/C11H11N3O2/c1-16-11(15)9-4-2-3-5-10(9)14-7-8(12)6-13-14/h2-7H,12H2,1H3. The first-order valence-corrected chi connectivity index (χ1v) is 4.70. The van der Waals surface area contributed by atoms with Crippen LogP contribution in [0.2, 0.25) is 0 Å². The van der Waals surface area contributed by atoms with E-state index in [1.807, 2.05) is 6.07 Å². The number of nitrogens with two attached hydrogens (primary N) is 1. The van der Waals surface area contributed by atoms with Gasteiger partial charge in [-0.15, -0.1) is 0 Å². The predicted molar refractivity (Wildman–Crippen MR) is 59.3 cm³/mol. The average molecular weight is 217 g/mol. The van der Waals surface area contributed by atoms with Gasteiger partial charge in [0.05, 0.1) is 36.4 Å². The van der Waals surface area contributed by atoms with Crippen molar-refractivity contribution in [3.05, 3.63) is 42.2 Å². The van der Waals surface area contributed by atoms with Crippen LogP contribution in [0, 0.1) is 0 Å². The van der Waals surface area contributed by atoms with Gasteiger partial charge in [-0.1, -0.05) is 12.1 Å². The molecule has 0 saturated heterocycles. The minimum absolute atomic E-state index is 0.398. The van der Waals surface area contributed by atoms with E-state index in [1.165, 1.54) is 13.3 Å². The highest BCUT2D eigenvalue weighted by Gasteiger charge is 2.12. The molecule has 2 N–H and O–H groups in total. The highest BCUT2D eigenvalue weighted by molar-refractivity contribution is 5.93. The Hall–Kier alpha value is -2.30. The van der Waals surface area contributed by atoms with Gasteiger partial charge in [0.25, 0.3) is 0 Å². The molecule has 2 rings (SSSR count). The Morgan fingerprint density at radius 3 is 2.81 bits per heavy atom. The Morgan fingerprint density at radius 1 is 1.44 bits per heavy atom. The lowest BCUT2D eigenvalue weighted by molar-refractivity contribution is 0.0600. The summed E-state index contributed by atoms with van der Waals surface area (Å²) in [5, 5.41) is 4.05. The Balaban J connectivity index is 2.52. The summed E-state index contributed by atoms with van der Waals surface area (Å²) in [6, 6.07) is 7.04. The fourth-order valence-electron chi connectivity index (χ4n) is 1.42. The van der Waals surface area contributed by atoms with Gasteiger partial charge in [0.1, 0.15) is 0 Å². The number of carbonyl (C=O) groups excluding carboxylic acids is 1. The number of rotatable bonds is 2. The zero-order valence-corrected chi connectivity index (χ0v) is 8.75. The van der Waals surface area contributed by atoms with Gasteiger partial charge in [0, 0.05) is 0 Å². The van der Waals surface area contributed by atoms with E-state index < -0.39 is 5.97 Å². The van der Waals surface area contributed by atoms with Crippen molar-refractivity contribution >= 4 is 11.7 Å². The van der Waals surface area contributed by atoms with Crippen LogP contribution in [0.1, 0.15) is 10.4 Å². The molecule has 1 aromatic heterocycles. The molecule has 5 heteroatoms. The first-order chi connectivity index (χ1) is 7.72. The number of esters is 1. The van der Waals surface area contributed by atoms with Gasteiger partial charge in [-0.25, -0.2) is 9.48 Å². The van der Waals surface area contributed by atoms with Crippen molar-refractivity contribution in [2.24, 2.45) is 0 Å². The number of para-hydroxylation sites is 1. The van der Waals surface area contributed by atoms with Crippen LogP contribution < -0.4 is 5.73 Å². The van der Waals surface area contributed by atoms with Crippen LogP contribution in [-0.4, -0.2) is 22.9 Å². The third kappa shape index (κ3) is 1.75. The third-order valence-electron chi connectivity index (χ3n) is 2.16. The number of nitrogen functional groups attached to an aromatic ring is 1. The smallest absolute Gasteiger partial charge is 0.340 e. The lowest BCUT2D eigenvalue weighted by Crippen LogP contribution is -2.07. The van der Waals surface area contributed by atoms with E-state index in [0.29, 0.717) is 16.9 Å². The fourth-order valence-corrected chi connectivity index (χ4v) is 1.42. The maximum Gasteiger partial charge on any atom is 0.340 e. The quantitative estimate of drug-likeness (QED) is 0.768. The zero-order valence-electron chi connectivity index (χ0n) is 8.75. The van der Waals surface area contributed by atoms with Crippen molar-refractivity contribution in [3.8, 4) is 5.69 Å². The summed E-state index contributed by atoms with van der Waals surface area (Å²) in [7, 11) is 1.34. The molecule has 5 nitrogen and oxygen atoms in total. The summed E-state index contributed by atoms with van der Waals surface area (Å²) in [6.07, 6.45) is 3.16. The van der Waals surface area contributed by atoms with Crippen molar-refractivity contribution < 1.29 is 9.53 Å². The van der Waals surface area contributed by atoms with Crippen LogP contribution in [0.3, 0.4) is 0 Å². The molecule has 0 saturated carbocycles. The molecule has 0 spiro atoms. The number of methoxy groups -OCH3 is 1. The maximum absolute atomic E-state index is 11.5. The lowest BCUT2D eigenvalue weighted by atomic mass is 10.2. The summed E-state index contributed by atoms with van der Waals surface area (Å²) >= 11 is 0. The van der Waals surface area contributed by atoms with E-state index in [-0.39, 0.29) is 0 Å². The first kappa shape index (κ1) is 10.2. The van der Waals surface area contributed by atoms with Crippen LogP contribution >= 0.6 is 0 Å². The van der Waals surface area contributed by atoms with Crippen LogP contribution in [0.25, 0.3) is 5.69 Å². The molecule has 1 aromatic carbocycles. The number of benzene rings is 1. The summed E-state index contributed by atoms with van der Waals surface area (Å²) in [6.45, 7) is 0. The van der Waals surface area contributed by atoms with E-state index in [4.69, 9.17) is 10.5 Å². The largest absolute Gasteiger partial charge is 0.465 e. The molecule has 82 valence electrons. The molecule has 1 heterocycles. The van der Waals surface area contributed by atoms with Gasteiger partial charge in [0.15, 0.2) is 0 Å². The monoisotopic (exact) mass is 217 g/mol. The number of ether oxygens (including phenoxy) is 1. The third-order valence-corrected chi connectivity index (χ3v) is 2.16. The summed E-state index contributed by atoms with van der Waals surface area (Å²) < 4.78 is 6.24. The Kier molecular flexibility index (Phi) is 2.59. The molecule has 0 aliphatic carbocycles. The van der Waals surface area contributed by atoms with Gasteiger partial charge in [-0.2, -0.15) is 5.10 Å². The normalized spacial score (nSPS) is 10.1. The Labute approximate surface area is 92.4 Å². The van der Waals surface area contributed by atoms with Gasteiger partial charge < -0.3 is 10.5 Å². The van der Waals surface area contributed by atoms with Crippen LogP contribution in [0.15, 0.2) is 36.7 Å². The van der Waals surface area contributed by atoms with Crippen molar-refractivity contribution in [2.45, 2.75) is 0 Å². The lowest BCUT2D eigenvalue weighted by Gasteiger charge is -2.06. The molecule has 0 unspecified atom stereocenters. The molecule has 0 bridgehead atoms. The van der Waals surface area contributed by atoms with Crippen molar-refractivity contribution in [2.75, 3.05) is 12.8 Å². The molecule has 0 aliphatic rings. The highest BCUT2D eigenvalue weighted by atomic mass is 16.5. The number of aromatic nitrogens is 2. The van der Waals surface area contributed by atoms with E-state index in [9.17, 15) is 4.79 Å². The van der Waals surface area contributed by atoms with E-state index in [0.717, 1.165) is 0 Å². The number of anilines is 1. The fraction of sp³-hybridized carbons (Fsp3) is 0.0909. The van der Waals surface area contributed by atoms with Crippen LogP contribution in [0.4, 0.5) is 5.69 Å². The maximum atomic E-state index is 11.5. The molecule has 0 aliphatic heterocycles. The topological polar surface area (TPSA) is 70.1 Å². The summed E-state index contributed by atoms with van der Waals surface area (Å²) in [4.78, 5) is 11.5. The molecule has 0 atom stereocenters. The Morgan fingerprint density at radius 2 is 2.19 bits per heavy atom. The van der Waals surface area contributed by atoms with Crippen LogP contribution in [-0.2, 0) is 4.74 Å². The summed E-state index contributed by atoms with van der Waals surface area (Å²) in [5.41, 5.74) is 7.21. The van der Waals surface area contributed by atoms with Gasteiger partial charge in [-0.3, -0.25) is 0 Å². The van der Waals surface area contributed by atoms with E-state index >= 15 is 0 Å². The highest BCUT2D eigenvalue weighted by Crippen LogP contribution is 2.15. The van der Waals surface area contributed by atoms with Crippen molar-refractivity contribution in [1.29, 1.82) is 0 Å². The number of hydrogen-bond donors (Lipinski definition) is 1. The molecule has 16 heavy (non-hydrogen) atoms. The summed E-state index contributed by atoms with van der Waals surface area (Å²) in [5.74, 6) is -0.398. The molecular weight excluding hydrogens is 206 g/mol. The second kappa shape index (κ2) is 4.06. The second-order valence-electron chi connectivity index (χ2n) is 3.23. The van der Waals surface area contributed by atoms with E-state index in [1.54, 1.807) is 29.1 Å².